The van der Waals surface area contributed by atoms with Crippen molar-refractivity contribution in [2.45, 2.75) is 31.3 Å². The van der Waals surface area contributed by atoms with Gasteiger partial charge in [0.25, 0.3) is 0 Å². The number of thioether (sulfide) groups is 1. The number of ether oxygens (including phenoxy) is 1. The standard InChI is InChI=1S/C12H19NO2S/c1-4-15-9-5-6-10(13)11(7-9)16-8-12(2,3)14/h5-7,14H,4,8,13H2,1-3H3. The highest BCUT2D eigenvalue weighted by Gasteiger charge is 2.14. The number of benzene rings is 1. The predicted molar refractivity (Wildman–Crippen MR) is 69.0 cm³/mol. The molecule has 0 aliphatic carbocycles. The topological polar surface area (TPSA) is 55.5 Å². The molecule has 1 rings (SSSR count). The molecule has 1 aromatic rings. The van der Waals surface area contributed by atoms with E-state index in [1.165, 1.54) is 11.8 Å². The van der Waals surface area contributed by atoms with Gasteiger partial charge in [-0.25, -0.2) is 0 Å². The van der Waals surface area contributed by atoms with E-state index in [0.717, 1.165) is 16.3 Å². The van der Waals surface area contributed by atoms with E-state index in [9.17, 15) is 5.11 Å². The van der Waals surface area contributed by atoms with Gasteiger partial charge in [-0.05, 0) is 39.0 Å². The Morgan fingerprint density at radius 3 is 2.69 bits per heavy atom. The lowest BCUT2D eigenvalue weighted by Gasteiger charge is -2.17. The van der Waals surface area contributed by atoms with Crippen molar-refractivity contribution in [2.75, 3.05) is 18.1 Å². The Kier molecular flexibility index (Phi) is 4.50. The zero-order valence-electron chi connectivity index (χ0n) is 9.99. The summed E-state index contributed by atoms with van der Waals surface area (Å²) >= 11 is 1.54. The van der Waals surface area contributed by atoms with Gasteiger partial charge in [0, 0.05) is 16.3 Å². The number of hydrogen-bond donors (Lipinski definition) is 2. The van der Waals surface area contributed by atoms with Crippen LogP contribution < -0.4 is 10.5 Å². The third-order valence-corrected chi connectivity index (χ3v) is 3.39. The molecule has 0 bridgehead atoms. The predicted octanol–water partition coefficient (Wildman–Crippen LogP) is 2.53. The van der Waals surface area contributed by atoms with Crippen LogP contribution in [-0.4, -0.2) is 23.1 Å². The van der Waals surface area contributed by atoms with Crippen LogP contribution in [0.2, 0.25) is 0 Å². The van der Waals surface area contributed by atoms with Gasteiger partial charge in [-0.2, -0.15) is 0 Å². The molecule has 0 heterocycles. The molecule has 1 aromatic carbocycles. The number of aliphatic hydroxyl groups is 1. The molecule has 3 N–H and O–H groups in total. The summed E-state index contributed by atoms with van der Waals surface area (Å²) in [6.07, 6.45) is 0. The van der Waals surface area contributed by atoms with Crippen LogP contribution in [0.1, 0.15) is 20.8 Å². The molecule has 0 atom stereocenters. The molecule has 90 valence electrons. The third kappa shape index (κ3) is 4.33. The van der Waals surface area contributed by atoms with Gasteiger partial charge in [-0.3, -0.25) is 0 Å². The molecule has 0 aromatic heterocycles. The van der Waals surface area contributed by atoms with Crippen LogP contribution in [0.25, 0.3) is 0 Å². The first kappa shape index (κ1) is 13.2. The zero-order valence-corrected chi connectivity index (χ0v) is 10.8. The van der Waals surface area contributed by atoms with Gasteiger partial charge in [0.2, 0.25) is 0 Å². The largest absolute Gasteiger partial charge is 0.494 e. The fourth-order valence-electron chi connectivity index (χ4n) is 1.15. The maximum atomic E-state index is 9.65. The van der Waals surface area contributed by atoms with Gasteiger partial charge in [0.1, 0.15) is 5.75 Å². The zero-order chi connectivity index (χ0) is 12.2. The molecule has 0 saturated heterocycles. The highest BCUT2D eigenvalue weighted by Crippen LogP contribution is 2.31. The Balaban J connectivity index is 2.74. The Morgan fingerprint density at radius 1 is 1.44 bits per heavy atom. The van der Waals surface area contributed by atoms with E-state index in [-0.39, 0.29) is 0 Å². The SMILES string of the molecule is CCOc1ccc(N)c(SCC(C)(C)O)c1. The monoisotopic (exact) mass is 241 g/mol. The molecule has 0 amide bonds. The van der Waals surface area contributed by atoms with Crippen LogP contribution in [0.3, 0.4) is 0 Å². The van der Waals surface area contributed by atoms with Crippen molar-refractivity contribution >= 4 is 17.4 Å². The summed E-state index contributed by atoms with van der Waals surface area (Å²) in [5, 5.41) is 9.65. The quantitative estimate of drug-likeness (QED) is 0.614. The number of nitrogen functional groups attached to an aromatic ring is 1. The van der Waals surface area contributed by atoms with Gasteiger partial charge in [0.15, 0.2) is 0 Å². The molecule has 0 unspecified atom stereocenters. The lowest BCUT2D eigenvalue weighted by atomic mass is 10.2. The summed E-state index contributed by atoms with van der Waals surface area (Å²) in [6, 6.07) is 5.60. The maximum absolute atomic E-state index is 9.65. The molecule has 0 radical (unpaired) electrons. The minimum atomic E-state index is -0.696. The summed E-state index contributed by atoms with van der Waals surface area (Å²) < 4.78 is 5.40. The van der Waals surface area contributed by atoms with Crippen molar-refractivity contribution in [3.05, 3.63) is 18.2 Å². The van der Waals surface area contributed by atoms with E-state index in [1.807, 2.05) is 25.1 Å². The fraction of sp³-hybridized carbons (Fsp3) is 0.500. The summed E-state index contributed by atoms with van der Waals surface area (Å²) in [5.41, 5.74) is 5.88. The molecule has 0 aliphatic rings. The van der Waals surface area contributed by atoms with Crippen LogP contribution in [0, 0.1) is 0 Å². The number of anilines is 1. The maximum Gasteiger partial charge on any atom is 0.120 e. The van der Waals surface area contributed by atoms with Gasteiger partial charge in [-0.15, -0.1) is 11.8 Å². The Morgan fingerprint density at radius 2 is 2.12 bits per heavy atom. The van der Waals surface area contributed by atoms with Crippen molar-refractivity contribution in [2.24, 2.45) is 0 Å². The summed E-state index contributed by atoms with van der Waals surface area (Å²) in [6.45, 7) is 6.14. The smallest absolute Gasteiger partial charge is 0.120 e. The molecule has 3 nitrogen and oxygen atoms in total. The molecule has 0 spiro atoms. The molecule has 16 heavy (non-hydrogen) atoms. The van der Waals surface area contributed by atoms with Crippen LogP contribution in [0.5, 0.6) is 5.75 Å². The van der Waals surface area contributed by atoms with E-state index < -0.39 is 5.60 Å². The van der Waals surface area contributed by atoms with Crippen LogP contribution in [0.4, 0.5) is 5.69 Å². The Labute approximate surface area is 101 Å². The summed E-state index contributed by atoms with van der Waals surface area (Å²) in [4.78, 5) is 0.952. The normalized spacial score (nSPS) is 11.5. The van der Waals surface area contributed by atoms with Crippen molar-refractivity contribution in [3.8, 4) is 5.75 Å². The molecule has 0 aliphatic heterocycles. The number of hydrogen-bond acceptors (Lipinski definition) is 4. The molecule has 0 fully saturated rings. The number of nitrogens with two attached hydrogens (primary N) is 1. The first-order valence-electron chi connectivity index (χ1n) is 5.30. The van der Waals surface area contributed by atoms with Gasteiger partial charge in [0.05, 0.1) is 12.2 Å². The average molecular weight is 241 g/mol. The minimum absolute atomic E-state index is 0.604. The van der Waals surface area contributed by atoms with Crippen molar-refractivity contribution in [3.63, 3.8) is 0 Å². The van der Waals surface area contributed by atoms with Crippen molar-refractivity contribution in [1.29, 1.82) is 0 Å². The minimum Gasteiger partial charge on any atom is -0.494 e. The lowest BCUT2D eigenvalue weighted by molar-refractivity contribution is 0.107. The number of rotatable bonds is 5. The molecular formula is C12H19NO2S. The second-order valence-corrected chi connectivity index (χ2v) is 5.25. The Bertz CT molecular complexity index is 347. The third-order valence-electron chi connectivity index (χ3n) is 1.88. The van der Waals surface area contributed by atoms with Crippen LogP contribution in [-0.2, 0) is 0 Å². The first-order valence-corrected chi connectivity index (χ1v) is 6.28. The van der Waals surface area contributed by atoms with E-state index >= 15 is 0 Å². The molecule has 4 heteroatoms. The second-order valence-electron chi connectivity index (χ2n) is 4.23. The average Bonchev–Trinajstić information content (AvgIpc) is 2.18. The first-order chi connectivity index (χ1) is 7.42. The Hall–Kier alpha value is -0.870. The lowest BCUT2D eigenvalue weighted by Crippen LogP contribution is -2.21. The van der Waals surface area contributed by atoms with E-state index in [0.29, 0.717) is 12.4 Å². The van der Waals surface area contributed by atoms with Crippen molar-refractivity contribution < 1.29 is 9.84 Å². The van der Waals surface area contributed by atoms with Gasteiger partial charge >= 0.3 is 0 Å². The summed E-state index contributed by atoms with van der Waals surface area (Å²) in [5.74, 6) is 1.42. The van der Waals surface area contributed by atoms with E-state index in [2.05, 4.69) is 0 Å². The van der Waals surface area contributed by atoms with Crippen LogP contribution >= 0.6 is 11.8 Å². The fourth-order valence-corrected chi connectivity index (χ4v) is 2.09. The van der Waals surface area contributed by atoms with Gasteiger partial charge < -0.3 is 15.6 Å². The molecule has 0 saturated carbocycles. The summed E-state index contributed by atoms with van der Waals surface area (Å²) in [7, 11) is 0. The van der Waals surface area contributed by atoms with E-state index in [4.69, 9.17) is 10.5 Å². The van der Waals surface area contributed by atoms with Crippen molar-refractivity contribution in [1.82, 2.24) is 0 Å². The highest BCUT2D eigenvalue weighted by atomic mass is 32.2. The highest BCUT2D eigenvalue weighted by molar-refractivity contribution is 7.99. The van der Waals surface area contributed by atoms with Crippen LogP contribution in [0.15, 0.2) is 23.1 Å². The second kappa shape index (κ2) is 5.46. The van der Waals surface area contributed by atoms with Gasteiger partial charge in [-0.1, -0.05) is 0 Å². The molecular weight excluding hydrogens is 222 g/mol. The van der Waals surface area contributed by atoms with E-state index in [1.54, 1.807) is 13.8 Å².